The molecule has 2 aromatic rings. The zero-order valence-corrected chi connectivity index (χ0v) is 16.4. The number of carbonyl (C=O) groups is 1. The summed E-state index contributed by atoms with van der Waals surface area (Å²) >= 11 is 0. The molecule has 0 saturated carbocycles. The fourth-order valence-corrected chi connectivity index (χ4v) is 3.53. The Morgan fingerprint density at radius 2 is 1.35 bits per heavy atom. The van der Waals surface area contributed by atoms with Crippen LogP contribution < -0.4 is 0 Å². The predicted molar refractivity (Wildman–Crippen MR) is 108 cm³/mol. The fourth-order valence-electron chi connectivity index (χ4n) is 3.53. The summed E-state index contributed by atoms with van der Waals surface area (Å²) in [5.74, 6) is -0.168. The van der Waals surface area contributed by atoms with Gasteiger partial charge in [0.15, 0.2) is 0 Å². The maximum Gasteiger partial charge on any atom is 0.312 e. The summed E-state index contributed by atoms with van der Waals surface area (Å²) in [5, 5.41) is 0. The van der Waals surface area contributed by atoms with Gasteiger partial charge in [0.1, 0.15) is 5.60 Å². The highest BCUT2D eigenvalue weighted by atomic mass is 16.6. The van der Waals surface area contributed by atoms with E-state index >= 15 is 0 Å². The van der Waals surface area contributed by atoms with Crippen LogP contribution in [-0.4, -0.2) is 11.6 Å². The summed E-state index contributed by atoms with van der Waals surface area (Å²) in [6, 6.07) is 16.8. The molecule has 26 heavy (non-hydrogen) atoms. The maximum absolute atomic E-state index is 12.8. The first kappa shape index (κ1) is 18.4. The fraction of sp³-hybridized carbons (Fsp3) is 0.375. The monoisotopic (exact) mass is 348 g/mol. The standard InChI is InChI=1S/C24H28O2/c1-6-23(2,3)22(25)26-24(4,5)21-19-13-9-7-11-17(19)15-16-18-12-8-10-14-20(18)21/h7-16,21H,6H2,1-5H3. The van der Waals surface area contributed by atoms with Gasteiger partial charge in [0.05, 0.1) is 5.41 Å². The van der Waals surface area contributed by atoms with E-state index in [2.05, 4.69) is 60.7 Å². The summed E-state index contributed by atoms with van der Waals surface area (Å²) < 4.78 is 6.14. The van der Waals surface area contributed by atoms with Crippen molar-refractivity contribution in [2.45, 2.75) is 52.6 Å². The van der Waals surface area contributed by atoms with Crippen LogP contribution in [0.3, 0.4) is 0 Å². The predicted octanol–water partition coefficient (Wildman–Crippen LogP) is 6.06. The Morgan fingerprint density at radius 1 is 0.885 bits per heavy atom. The number of benzene rings is 2. The normalized spacial score (nSPS) is 14.3. The Hall–Kier alpha value is -2.35. The summed E-state index contributed by atoms with van der Waals surface area (Å²) in [6.07, 6.45) is 5.06. The van der Waals surface area contributed by atoms with Crippen molar-refractivity contribution in [1.29, 1.82) is 0 Å². The Morgan fingerprint density at radius 3 is 1.81 bits per heavy atom. The molecule has 0 amide bonds. The minimum Gasteiger partial charge on any atom is -0.458 e. The molecule has 0 heterocycles. The average molecular weight is 348 g/mol. The zero-order valence-electron chi connectivity index (χ0n) is 16.4. The number of rotatable bonds is 4. The molecule has 3 rings (SSSR count). The van der Waals surface area contributed by atoms with Gasteiger partial charge in [-0.3, -0.25) is 4.79 Å². The van der Waals surface area contributed by atoms with Crippen molar-refractivity contribution in [2.75, 3.05) is 0 Å². The molecular formula is C24H28O2. The Bertz CT molecular complexity index is 793. The van der Waals surface area contributed by atoms with E-state index in [0.717, 1.165) is 6.42 Å². The molecule has 1 aliphatic carbocycles. The summed E-state index contributed by atoms with van der Waals surface area (Å²) in [5.41, 5.74) is 3.59. The first-order chi connectivity index (χ1) is 12.3. The summed E-state index contributed by atoms with van der Waals surface area (Å²) in [6.45, 7) is 9.97. The van der Waals surface area contributed by atoms with Crippen LogP contribution in [-0.2, 0) is 9.53 Å². The molecular weight excluding hydrogens is 320 g/mol. The molecule has 0 aromatic heterocycles. The summed E-state index contributed by atoms with van der Waals surface area (Å²) in [4.78, 5) is 12.8. The van der Waals surface area contributed by atoms with Crippen LogP contribution in [0.15, 0.2) is 48.5 Å². The van der Waals surface area contributed by atoms with Crippen LogP contribution in [0.1, 0.15) is 69.2 Å². The van der Waals surface area contributed by atoms with Gasteiger partial charge in [0, 0.05) is 5.92 Å². The molecule has 0 spiro atoms. The van der Waals surface area contributed by atoms with Gasteiger partial charge in [-0.2, -0.15) is 0 Å². The van der Waals surface area contributed by atoms with Crippen molar-refractivity contribution < 1.29 is 9.53 Å². The lowest BCUT2D eigenvalue weighted by atomic mass is 9.77. The first-order valence-electron chi connectivity index (χ1n) is 9.35. The molecule has 0 unspecified atom stereocenters. The molecule has 2 heteroatoms. The van der Waals surface area contributed by atoms with Crippen LogP contribution in [0, 0.1) is 5.41 Å². The van der Waals surface area contributed by atoms with Crippen LogP contribution in [0.4, 0.5) is 0 Å². The lowest BCUT2D eigenvalue weighted by Gasteiger charge is -2.38. The van der Waals surface area contributed by atoms with Crippen molar-refractivity contribution in [3.8, 4) is 0 Å². The maximum atomic E-state index is 12.8. The van der Waals surface area contributed by atoms with Gasteiger partial charge in [-0.1, -0.05) is 67.6 Å². The van der Waals surface area contributed by atoms with E-state index in [1.54, 1.807) is 0 Å². The minimum absolute atomic E-state index is 0.0264. The Kier molecular flexibility index (Phi) is 4.79. The highest BCUT2D eigenvalue weighted by molar-refractivity contribution is 5.78. The van der Waals surface area contributed by atoms with Crippen molar-refractivity contribution in [1.82, 2.24) is 0 Å². The van der Waals surface area contributed by atoms with Crippen molar-refractivity contribution in [3.63, 3.8) is 0 Å². The molecule has 1 aliphatic rings. The number of carbonyl (C=O) groups excluding carboxylic acids is 1. The lowest BCUT2D eigenvalue weighted by molar-refractivity contribution is -0.168. The van der Waals surface area contributed by atoms with Crippen molar-refractivity contribution >= 4 is 18.1 Å². The van der Waals surface area contributed by atoms with Crippen molar-refractivity contribution in [3.05, 3.63) is 70.8 Å². The third kappa shape index (κ3) is 3.33. The van der Waals surface area contributed by atoms with Gasteiger partial charge >= 0.3 is 5.97 Å². The van der Waals surface area contributed by atoms with Gasteiger partial charge in [0.2, 0.25) is 0 Å². The van der Waals surface area contributed by atoms with Gasteiger partial charge in [-0.15, -0.1) is 0 Å². The van der Waals surface area contributed by atoms with E-state index in [0.29, 0.717) is 0 Å². The molecule has 2 nitrogen and oxygen atoms in total. The molecule has 0 fully saturated rings. The van der Waals surface area contributed by atoms with E-state index in [9.17, 15) is 4.79 Å². The topological polar surface area (TPSA) is 26.3 Å². The minimum atomic E-state index is -0.665. The molecule has 0 N–H and O–H groups in total. The zero-order chi connectivity index (χ0) is 18.9. The average Bonchev–Trinajstić information content (AvgIpc) is 2.78. The second-order valence-corrected chi connectivity index (χ2v) is 8.25. The number of hydrogen-bond acceptors (Lipinski definition) is 2. The van der Waals surface area contributed by atoms with E-state index in [-0.39, 0.29) is 11.9 Å². The second-order valence-electron chi connectivity index (χ2n) is 8.25. The second kappa shape index (κ2) is 6.75. The molecule has 0 aliphatic heterocycles. The Labute approximate surface area is 156 Å². The van der Waals surface area contributed by atoms with Crippen LogP contribution in [0.2, 0.25) is 0 Å². The van der Waals surface area contributed by atoms with Gasteiger partial charge in [0.25, 0.3) is 0 Å². The highest BCUT2D eigenvalue weighted by Crippen LogP contribution is 2.43. The number of fused-ring (bicyclic) bond motifs is 2. The van der Waals surface area contributed by atoms with Crippen LogP contribution >= 0.6 is 0 Å². The van der Waals surface area contributed by atoms with Crippen molar-refractivity contribution in [2.24, 2.45) is 5.41 Å². The highest BCUT2D eigenvalue weighted by Gasteiger charge is 2.41. The van der Waals surface area contributed by atoms with E-state index in [1.165, 1.54) is 22.3 Å². The molecule has 0 radical (unpaired) electrons. The van der Waals surface area contributed by atoms with Gasteiger partial charge in [-0.05, 0) is 56.4 Å². The smallest absolute Gasteiger partial charge is 0.312 e. The number of ether oxygens (including phenoxy) is 1. The SMILES string of the molecule is CCC(C)(C)C(=O)OC(C)(C)C1c2ccccc2C=Cc2ccccc21. The van der Waals surface area contributed by atoms with E-state index in [1.807, 2.05) is 34.6 Å². The summed E-state index contributed by atoms with van der Waals surface area (Å²) in [7, 11) is 0. The molecule has 2 aromatic carbocycles. The van der Waals surface area contributed by atoms with Crippen LogP contribution in [0.25, 0.3) is 12.2 Å². The van der Waals surface area contributed by atoms with E-state index in [4.69, 9.17) is 4.74 Å². The van der Waals surface area contributed by atoms with Crippen LogP contribution in [0.5, 0.6) is 0 Å². The molecule has 0 atom stereocenters. The molecule has 136 valence electrons. The lowest BCUT2D eigenvalue weighted by Crippen LogP contribution is -2.40. The van der Waals surface area contributed by atoms with Gasteiger partial charge in [-0.25, -0.2) is 0 Å². The largest absolute Gasteiger partial charge is 0.458 e. The quantitative estimate of drug-likeness (QED) is 0.628. The van der Waals surface area contributed by atoms with Gasteiger partial charge < -0.3 is 4.74 Å². The third-order valence-electron chi connectivity index (χ3n) is 5.54. The molecule has 0 saturated heterocycles. The molecule has 0 bridgehead atoms. The third-order valence-corrected chi connectivity index (χ3v) is 5.54. The van der Waals surface area contributed by atoms with E-state index < -0.39 is 11.0 Å². The number of hydrogen-bond donors (Lipinski definition) is 0. The first-order valence-corrected chi connectivity index (χ1v) is 9.35. The number of esters is 1. The Balaban J connectivity index is 2.11.